The fourth-order valence-electron chi connectivity index (χ4n) is 3.56. The molecule has 0 unspecified atom stereocenters. The first-order valence-corrected chi connectivity index (χ1v) is 11.0. The van der Waals surface area contributed by atoms with Gasteiger partial charge in [0.1, 0.15) is 23.1 Å². The van der Waals surface area contributed by atoms with E-state index < -0.39 is 11.9 Å². The van der Waals surface area contributed by atoms with Crippen LogP contribution in [0.2, 0.25) is 5.02 Å². The minimum absolute atomic E-state index is 0.102. The third-order valence-corrected chi connectivity index (χ3v) is 6.64. The highest BCUT2D eigenvalue weighted by atomic mass is 35.5. The number of fused-ring (bicyclic) bond motifs is 1. The Kier molecular flexibility index (Phi) is 6.29. The smallest absolute Gasteiger partial charge is 0.341 e. The van der Waals surface area contributed by atoms with Crippen LogP contribution < -0.4 is 10.1 Å². The number of aromatic nitrogens is 1. The van der Waals surface area contributed by atoms with Gasteiger partial charge in [-0.3, -0.25) is 4.79 Å². The van der Waals surface area contributed by atoms with E-state index in [-0.39, 0.29) is 12.3 Å². The summed E-state index contributed by atoms with van der Waals surface area (Å²) in [4.78, 5) is 26.6. The molecule has 7 nitrogen and oxygen atoms in total. The number of esters is 1. The van der Waals surface area contributed by atoms with Gasteiger partial charge in [0.15, 0.2) is 5.69 Å². The van der Waals surface area contributed by atoms with Crippen molar-refractivity contribution in [2.75, 3.05) is 12.4 Å². The fourth-order valence-corrected chi connectivity index (χ4v) is 4.96. The van der Waals surface area contributed by atoms with Crippen LogP contribution in [-0.2, 0) is 24.2 Å². The lowest BCUT2D eigenvalue weighted by Crippen LogP contribution is -2.17. The predicted molar refractivity (Wildman–Crippen MR) is 117 cm³/mol. The molecule has 162 valence electrons. The van der Waals surface area contributed by atoms with Gasteiger partial charge in [0.25, 0.3) is 5.91 Å². The van der Waals surface area contributed by atoms with E-state index in [9.17, 15) is 9.59 Å². The predicted octanol–water partition coefficient (Wildman–Crippen LogP) is 5.19. The van der Waals surface area contributed by atoms with Gasteiger partial charge in [0, 0.05) is 9.90 Å². The lowest BCUT2D eigenvalue weighted by molar-refractivity contribution is 0.0601. The zero-order valence-corrected chi connectivity index (χ0v) is 18.7. The molecule has 0 aliphatic heterocycles. The van der Waals surface area contributed by atoms with Crippen molar-refractivity contribution in [3.05, 3.63) is 62.3 Å². The number of ether oxygens (including phenoxy) is 2. The van der Waals surface area contributed by atoms with Crippen molar-refractivity contribution < 1.29 is 23.6 Å². The Morgan fingerprint density at radius 1 is 1.23 bits per heavy atom. The van der Waals surface area contributed by atoms with Crippen LogP contribution in [-0.4, -0.2) is 24.1 Å². The summed E-state index contributed by atoms with van der Waals surface area (Å²) in [5.74, 6) is 0.181. The number of methoxy groups -OCH3 is 1. The minimum atomic E-state index is -0.463. The second-order valence-corrected chi connectivity index (χ2v) is 8.71. The third-order valence-electron chi connectivity index (χ3n) is 5.18. The molecule has 31 heavy (non-hydrogen) atoms. The van der Waals surface area contributed by atoms with Crippen LogP contribution in [0.15, 0.2) is 28.8 Å². The Balaban J connectivity index is 1.56. The van der Waals surface area contributed by atoms with Crippen LogP contribution in [0, 0.1) is 6.92 Å². The highest BCUT2D eigenvalue weighted by molar-refractivity contribution is 7.17. The topological polar surface area (TPSA) is 90.7 Å². The van der Waals surface area contributed by atoms with Crippen LogP contribution >= 0.6 is 22.9 Å². The molecule has 1 aliphatic rings. The molecule has 1 aromatic carbocycles. The molecule has 0 spiro atoms. The van der Waals surface area contributed by atoms with Gasteiger partial charge >= 0.3 is 5.97 Å². The van der Waals surface area contributed by atoms with E-state index >= 15 is 0 Å². The van der Waals surface area contributed by atoms with Crippen molar-refractivity contribution in [3.63, 3.8) is 0 Å². The van der Waals surface area contributed by atoms with E-state index in [4.69, 9.17) is 25.6 Å². The molecular formula is C22H21ClN2O5S. The van der Waals surface area contributed by atoms with E-state index in [1.807, 2.05) is 0 Å². The average Bonchev–Trinajstić information content (AvgIpc) is 3.32. The molecule has 0 bridgehead atoms. The molecule has 0 saturated carbocycles. The number of anilines is 1. The number of nitrogens with zero attached hydrogens (tertiary/aromatic N) is 1. The monoisotopic (exact) mass is 460 g/mol. The number of thiophene rings is 1. The van der Waals surface area contributed by atoms with E-state index in [1.54, 1.807) is 31.2 Å². The number of nitrogens with one attached hydrogen (secondary N) is 1. The first-order valence-electron chi connectivity index (χ1n) is 9.85. The Labute approximate surface area is 188 Å². The van der Waals surface area contributed by atoms with Gasteiger partial charge in [-0.05, 0) is 62.4 Å². The molecule has 1 amide bonds. The lowest BCUT2D eigenvalue weighted by Gasteiger charge is -2.11. The molecule has 0 saturated heterocycles. The number of hydrogen-bond acceptors (Lipinski definition) is 7. The van der Waals surface area contributed by atoms with E-state index in [2.05, 4.69) is 10.5 Å². The number of hydrogen-bond donors (Lipinski definition) is 1. The first-order chi connectivity index (χ1) is 15.0. The number of rotatable bonds is 6. The van der Waals surface area contributed by atoms with Crippen molar-refractivity contribution in [2.24, 2.45) is 0 Å². The number of carbonyl (C=O) groups excluding carboxylic acids is 2. The maximum absolute atomic E-state index is 13.0. The Morgan fingerprint density at radius 2 is 1.97 bits per heavy atom. The minimum Gasteiger partial charge on any atom is -0.489 e. The van der Waals surface area contributed by atoms with Crippen LogP contribution in [0.25, 0.3) is 0 Å². The number of carbonyl (C=O) groups is 2. The zero-order chi connectivity index (χ0) is 22.0. The molecule has 4 rings (SSSR count). The molecule has 3 aromatic rings. The Bertz CT molecular complexity index is 1120. The largest absolute Gasteiger partial charge is 0.489 e. The third kappa shape index (κ3) is 4.45. The average molecular weight is 461 g/mol. The van der Waals surface area contributed by atoms with Gasteiger partial charge in [-0.1, -0.05) is 16.8 Å². The summed E-state index contributed by atoms with van der Waals surface area (Å²) < 4.78 is 16.0. The number of halogens is 1. The van der Waals surface area contributed by atoms with Crippen molar-refractivity contribution in [1.29, 1.82) is 0 Å². The Hall–Kier alpha value is -2.84. The standard InChI is InChI=1S/C22H21ClN2O5S/c1-12-16(11-29-14-9-7-13(23)8-10-14)19(25-30-12)20(26)24-21-18(22(27)28-2)15-5-3-4-6-17(15)31-21/h7-10H,3-6,11H2,1-2H3,(H,24,26). The highest BCUT2D eigenvalue weighted by Gasteiger charge is 2.29. The summed E-state index contributed by atoms with van der Waals surface area (Å²) in [6, 6.07) is 6.92. The molecule has 0 fully saturated rings. The quantitative estimate of drug-likeness (QED) is 0.509. The SMILES string of the molecule is COC(=O)c1c(NC(=O)c2noc(C)c2COc2ccc(Cl)cc2)sc2c1CCCC2. The summed E-state index contributed by atoms with van der Waals surface area (Å²) in [6.07, 6.45) is 3.77. The second kappa shape index (κ2) is 9.11. The van der Waals surface area contributed by atoms with Gasteiger partial charge in [0.2, 0.25) is 0 Å². The first kappa shape index (κ1) is 21.4. The van der Waals surface area contributed by atoms with E-state index in [0.29, 0.717) is 32.7 Å². The molecule has 1 aliphatic carbocycles. The molecule has 9 heteroatoms. The molecule has 0 atom stereocenters. The molecule has 2 aromatic heterocycles. The highest BCUT2D eigenvalue weighted by Crippen LogP contribution is 2.38. The summed E-state index contributed by atoms with van der Waals surface area (Å²) in [5, 5.41) is 7.84. The van der Waals surface area contributed by atoms with Crippen LogP contribution in [0.4, 0.5) is 5.00 Å². The van der Waals surface area contributed by atoms with Gasteiger partial charge in [-0.2, -0.15) is 0 Å². The van der Waals surface area contributed by atoms with Crippen molar-refractivity contribution in [1.82, 2.24) is 5.16 Å². The maximum Gasteiger partial charge on any atom is 0.341 e. The van der Waals surface area contributed by atoms with Crippen LogP contribution in [0.1, 0.15) is 55.5 Å². The summed E-state index contributed by atoms with van der Waals surface area (Å²) >= 11 is 7.32. The summed E-state index contributed by atoms with van der Waals surface area (Å²) in [5.41, 5.74) is 2.07. The van der Waals surface area contributed by atoms with Crippen molar-refractivity contribution in [2.45, 2.75) is 39.2 Å². The number of benzene rings is 1. The van der Waals surface area contributed by atoms with Gasteiger partial charge in [-0.25, -0.2) is 4.79 Å². The molecule has 0 radical (unpaired) electrons. The van der Waals surface area contributed by atoms with Crippen molar-refractivity contribution in [3.8, 4) is 5.75 Å². The summed E-state index contributed by atoms with van der Waals surface area (Å²) in [7, 11) is 1.34. The van der Waals surface area contributed by atoms with Gasteiger partial charge in [-0.15, -0.1) is 11.3 Å². The number of aryl methyl sites for hydroxylation is 2. The Morgan fingerprint density at radius 3 is 2.71 bits per heavy atom. The normalized spacial score (nSPS) is 12.9. The van der Waals surface area contributed by atoms with Crippen LogP contribution in [0.3, 0.4) is 0 Å². The lowest BCUT2D eigenvalue weighted by atomic mass is 9.95. The van der Waals surface area contributed by atoms with E-state index in [0.717, 1.165) is 36.1 Å². The van der Waals surface area contributed by atoms with Crippen LogP contribution in [0.5, 0.6) is 5.75 Å². The fraction of sp³-hybridized carbons (Fsp3) is 0.318. The van der Waals surface area contributed by atoms with E-state index in [1.165, 1.54) is 18.4 Å². The molecule has 1 N–H and O–H groups in total. The summed E-state index contributed by atoms with van der Waals surface area (Å²) in [6.45, 7) is 1.82. The van der Waals surface area contributed by atoms with Gasteiger partial charge in [0.05, 0.1) is 18.2 Å². The zero-order valence-electron chi connectivity index (χ0n) is 17.1. The molecule has 2 heterocycles. The van der Waals surface area contributed by atoms with Gasteiger partial charge < -0.3 is 19.3 Å². The van der Waals surface area contributed by atoms with Crippen molar-refractivity contribution >= 4 is 39.8 Å². The number of amides is 1. The maximum atomic E-state index is 13.0. The second-order valence-electron chi connectivity index (χ2n) is 7.17. The molecular weight excluding hydrogens is 440 g/mol.